The number of β-amino-alcohol motifs (C(OH)–C–C–N with tert-alkyl or cyclic N) is 1. The van der Waals surface area contributed by atoms with E-state index >= 15 is 0 Å². The molecule has 0 aromatic heterocycles. The molecule has 1 fully saturated rings. The number of oxime groups is 1. The van der Waals surface area contributed by atoms with Crippen molar-refractivity contribution in [3.63, 3.8) is 0 Å². The molecule has 194 valence electrons. The first-order valence-electron chi connectivity index (χ1n) is 10.8. The normalized spacial score (nSPS) is 21.5. The van der Waals surface area contributed by atoms with Crippen LogP contribution in [0.1, 0.15) is 43.9 Å². The van der Waals surface area contributed by atoms with E-state index < -0.39 is 35.5 Å². The summed E-state index contributed by atoms with van der Waals surface area (Å²) in [6, 6.07) is 8.36. The van der Waals surface area contributed by atoms with Gasteiger partial charge in [-0.2, -0.15) is 13.2 Å². The number of amides is 1. The lowest BCUT2D eigenvalue weighted by Crippen LogP contribution is -2.61. The Morgan fingerprint density at radius 1 is 1.06 bits per heavy atom. The smallest absolute Gasteiger partial charge is 0.435 e. The molecule has 4 rings (SSSR count). The zero-order valence-corrected chi connectivity index (χ0v) is 21.7. The van der Waals surface area contributed by atoms with Crippen LogP contribution >= 0.6 is 34.8 Å². The molecule has 2 aromatic rings. The molecule has 1 saturated heterocycles. The Morgan fingerprint density at radius 3 is 2.11 bits per heavy atom. The van der Waals surface area contributed by atoms with Gasteiger partial charge in [-0.25, -0.2) is 4.79 Å². The third-order valence-electron chi connectivity index (χ3n) is 5.95. The van der Waals surface area contributed by atoms with Crippen LogP contribution < -0.4 is 0 Å². The fourth-order valence-corrected chi connectivity index (χ4v) is 4.64. The van der Waals surface area contributed by atoms with Crippen LogP contribution in [0.3, 0.4) is 0 Å². The number of ether oxygens (including phenoxy) is 1. The number of likely N-dealkylation sites (tertiary alicyclic amines) is 1. The highest BCUT2D eigenvalue weighted by Crippen LogP contribution is 2.50. The molecule has 12 heteroatoms. The minimum atomic E-state index is -4.84. The van der Waals surface area contributed by atoms with Gasteiger partial charge in [0.15, 0.2) is 0 Å². The van der Waals surface area contributed by atoms with Crippen LogP contribution in [0.2, 0.25) is 15.1 Å². The molecule has 2 aliphatic heterocycles. The van der Waals surface area contributed by atoms with Crippen LogP contribution in [0, 0.1) is 0 Å². The largest absolute Gasteiger partial charge is 0.444 e. The molecule has 1 atom stereocenters. The van der Waals surface area contributed by atoms with E-state index in [0.717, 1.165) is 12.1 Å². The highest BCUT2D eigenvalue weighted by molar-refractivity contribution is 6.48. The molecule has 2 aliphatic rings. The number of benzene rings is 2. The van der Waals surface area contributed by atoms with Crippen molar-refractivity contribution in [3.05, 3.63) is 68.2 Å². The van der Waals surface area contributed by atoms with Gasteiger partial charge in [-0.1, -0.05) is 64.2 Å². The maximum absolute atomic E-state index is 14.2. The zero-order valence-electron chi connectivity index (χ0n) is 19.4. The predicted molar refractivity (Wildman–Crippen MR) is 130 cm³/mol. The lowest BCUT2D eigenvalue weighted by Gasteiger charge is -2.46. The third kappa shape index (κ3) is 4.86. The SMILES string of the molecule is CC(C)(C)OC(=O)N1CC(O)(c2ccc(C3=NO[C@@](c4cc(Cl)c(Cl)c(Cl)c4)(C(F)(F)F)C3)cc2)C1. The highest BCUT2D eigenvalue weighted by Gasteiger charge is 2.62. The maximum atomic E-state index is 14.2. The molecule has 0 radical (unpaired) electrons. The first-order chi connectivity index (χ1) is 16.5. The van der Waals surface area contributed by atoms with Crippen LogP contribution in [-0.2, 0) is 20.8 Å². The molecule has 2 heterocycles. The van der Waals surface area contributed by atoms with Crippen LogP contribution in [0.4, 0.5) is 18.0 Å². The van der Waals surface area contributed by atoms with Crippen LogP contribution in [-0.4, -0.2) is 46.7 Å². The molecule has 36 heavy (non-hydrogen) atoms. The van der Waals surface area contributed by atoms with Gasteiger partial charge in [0.05, 0.1) is 33.9 Å². The van der Waals surface area contributed by atoms with Crippen molar-refractivity contribution < 1.29 is 32.6 Å². The summed E-state index contributed by atoms with van der Waals surface area (Å²) in [5.41, 5.74) is -4.14. The van der Waals surface area contributed by atoms with Crippen LogP contribution in [0.25, 0.3) is 0 Å². The zero-order chi connectivity index (χ0) is 26.7. The Balaban J connectivity index is 1.52. The summed E-state index contributed by atoms with van der Waals surface area (Å²) < 4.78 is 48.0. The lowest BCUT2D eigenvalue weighted by atomic mass is 9.84. The van der Waals surface area contributed by atoms with E-state index in [1.165, 1.54) is 4.90 Å². The molecule has 0 saturated carbocycles. The lowest BCUT2D eigenvalue weighted by molar-refractivity contribution is -0.275. The summed E-state index contributed by atoms with van der Waals surface area (Å²) in [5.74, 6) is 0. The summed E-state index contributed by atoms with van der Waals surface area (Å²) in [6.45, 7) is 5.29. The van der Waals surface area contributed by atoms with E-state index in [1.54, 1.807) is 45.0 Å². The summed E-state index contributed by atoms with van der Waals surface area (Å²) >= 11 is 17.8. The Kier molecular flexibility index (Phi) is 6.69. The molecule has 2 aromatic carbocycles. The van der Waals surface area contributed by atoms with Crippen LogP contribution in [0.15, 0.2) is 41.6 Å². The monoisotopic (exact) mass is 564 g/mol. The van der Waals surface area contributed by atoms with Crippen molar-refractivity contribution >= 4 is 46.6 Å². The van der Waals surface area contributed by atoms with Crippen LogP contribution in [0.5, 0.6) is 0 Å². The molecule has 1 amide bonds. The van der Waals surface area contributed by atoms with Gasteiger partial charge in [0.2, 0.25) is 0 Å². The number of alkyl halides is 3. The van der Waals surface area contributed by atoms with Crippen molar-refractivity contribution in [3.8, 4) is 0 Å². The van der Waals surface area contributed by atoms with Gasteiger partial charge in [0.1, 0.15) is 11.2 Å². The van der Waals surface area contributed by atoms with Crippen molar-refractivity contribution in [1.82, 2.24) is 4.90 Å². The van der Waals surface area contributed by atoms with Gasteiger partial charge in [0.25, 0.3) is 5.60 Å². The van der Waals surface area contributed by atoms with Crippen molar-refractivity contribution in [2.75, 3.05) is 13.1 Å². The summed E-state index contributed by atoms with van der Waals surface area (Å²) in [5, 5.41) is 14.3. The second kappa shape index (κ2) is 8.97. The Labute approximate surface area is 220 Å². The quantitative estimate of drug-likeness (QED) is 0.422. The minimum absolute atomic E-state index is 0.0284. The van der Waals surface area contributed by atoms with Gasteiger partial charge in [-0.3, -0.25) is 0 Å². The van der Waals surface area contributed by atoms with Gasteiger partial charge in [-0.15, -0.1) is 0 Å². The first kappa shape index (κ1) is 26.9. The van der Waals surface area contributed by atoms with Gasteiger partial charge in [0, 0.05) is 12.0 Å². The Morgan fingerprint density at radius 2 is 1.61 bits per heavy atom. The molecule has 0 aliphatic carbocycles. The Hall–Kier alpha value is -2.20. The molecular formula is C24H22Cl3F3N2O4. The van der Waals surface area contributed by atoms with E-state index in [1.807, 2.05) is 0 Å². The number of hydrogen-bond acceptors (Lipinski definition) is 5. The summed E-state index contributed by atoms with van der Waals surface area (Å²) in [4.78, 5) is 18.5. The number of nitrogens with zero attached hydrogens (tertiary/aromatic N) is 2. The van der Waals surface area contributed by atoms with E-state index in [-0.39, 0.29) is 39.4 Å². The van der Waals surface area contributed by atoms with Gasteiger partial charge in [-0.05, 0) is 44.0 Å². The summed E-state index contributed by atoms with van der Waals surface area (Å²) in [6.07, 6.45) is -6.00. The minimum Gasteiger partial charge on any atom is -0.444 e. The van der Waals surface area contributed by atoms with Crippen molar-refractivity contribution in [2.24, 2.45) is 5.16 Å². The molecule has 6 nitrogen and oxygen atoms in total. The number of aliphatic hydroxyl groups is 1. The molecule has 0 bridgehead atoms. The second-order valence-electron chi connectivity index (χ2n) is 9.83. The number of rotatable bonds is 3. The number of carbonyl (C=O) groups is 1. The molecule has 0 unspecified atom stereocenters. The Bertz CT molecular complexity index is 1200. The fraction of sp³-hybridized carbons (Fsp3) is 0.417. The van der Waals surface area contributed by atoms with Gasteiger partial charge < -0.3 is 19.6 Å². The van der Waals surface area contributed by atoms with Gasteiger partial charge >= 0.3 is 12.3 Å². The molecule has 1 N–H and O–H groups in total. The topological polar surface area (TPSA) is 71.4 Å². The number of carbonyl (C=O) groups excluding carboxylic acids is 1. The van der Waals surface area contributed by atoms with E-state index in [2.05, 4.69) is 5.16 Å². The fourth-order valence-electron chi connectivity index (χ4n) is 4.04. The first-order valence-corrected chi connectivity index (χ1v) is 12.0. The van der Waals surface area contributed by atoms with Crippen molar-refractivity contribution in [2.45, 2.75) is 50.2 Å². The molecule has 0 spiro atoms. The average molecular weight is 566 g/mol. The molecular weight excluding hydrogens is 544 g/mol. The van der Waals surface area contributed by atoms with E-state index in [0.29, 0.717) is 11.1 Å². The third-order valence-corrected chi connectivity index (χ3v) is 7.14. The highest BCUT2D eigenvalue weighted by atomic mass is 35.5. The second-order valence-corrected chi connectivity index (χ2v) is 11.0. The summed E-state index contributed by atoms with van der Waals surface area (Å²) in [7, 11) is 0. The van der Waals surface area contributed by atoms with E-state index in [9.17, 15) is 23.1 Å². The van der Waals surface area contributed by atoms with Crippen molar-refractivity contribution in [1.29, 1.82) is 0 Å². The number of halogens is 6. The predicted octanol–water partition coefficient (Wildman–Crippen LogP) is 6.67. The number of hydrogen-bond donors (Lipinski definition) is 1. The van der Waals surface area contributed by atoms with E-state index in [4.69, 9.17) is 44.4 Å². The standard InChI is InChI=1S/C24H22Cl3F3N2O4/c1-21(2,3)35-20(33)32-11-22(34,12-32)14-6-4-13(5-7-14)18-10-23(36-31-18,24(28,29)30)15-8-16(25)19(27)17(26)9-15/h4-9,34H,10-12H2,1-3H3/t23-/m0/s1. The maximum Gasteiger partial charge on any atom is 0.435 e. The average Bonchev–Trinajstić information content (AvgIpc) is 3.21.